The Kier molecular flexibility index (Phi) is 13.2. The number of aromatic nitrogens is 4. The van der Waals surface area contributed by atoms with Gasteiger partial charge in [-0.25, -0.2) is 19.6 Å². The van der Waals surface area contributed by atoms with Crippen LogP contribution in [0.3, 0.4) is 0 Å². The Labute approximate surface area is 413 Å². The van der Waals surface area contributed by atoms with Crippen molar-refractivity contribution in [3.05, 3.63) is 116 Å². The number of hydrogen-bond donors (Lipinski definition) is 1. The average molecular weight is 976 g/mol. The Bertz CT molecular complexity index is 2830. The van der Waals surface area contributed by atoms with Crippen LogP contribution in [0.4, 0.5) is 11.6 Å². The van der Waals surface area contributed by atoms with Crippen molar-refractivity contribution >= 4 is 57.7 Å². The van der Waals surface area contributed by atoms with E-state index < -0.39 is 17.4 Å². The smallest absolute Gasteiger partial charge is 0.329 e. The standard InChI is InChI=1S/C52H60Cl2N10O5/c1-51(2,36-26-41(54)47(68-25-19-53)42(27-36)55-3)35-8-10-40(11-9-35)69-31-37-14-20-56-49(57-37)63-32-52(33-63)17-23-62(24-18-52)38-15-21-61(22-16-38)39-29-60(30-39)28-34-6-5-7-43-46(34)59(4)50(67)64(43)44-12-13-45(65)58-48(44)66/h5-11,14,20,26-27,38-39,44H,12-13,15-19,21-25,28-33H2,1-2,4H3,(H,58,65,66). The Morgan fingerprint density at radius 3 is 2.36 bits per heavy atom. The van der Waals surface area contributed by atoms with E-state index in [0.29, 0.717) is 52.9 Å². The topological polar surface area (TPSA) is 135 Å². The lowest BCUT2D eigenvalue weighted by Gasteiger charge is -2.55. The maximum absolute atomic E-state index is 13.4. The van der Waals surface area contributed by atoms with Gasteiger partial charge in [-0.15, -0.1) is 11.6 Å². The van der Waals surface area contributed by atoms with E-state index in [2.05, 4.69) is 54.7 Å². The minimum absolute atomic E-state index is 0.227. The molecule has 5 aliphatic rings. The van der Waals surface area contributed by atoms with Gasteiger partial charge in [-0.3, -0.25) is 33.8 Å². The molecule has 362 valence electrons. The molecule has 5 fully saturated rings. The van der Waals surface area contributed by atoms with Crippen LogP contribution in [0.25, 0.3) is 15.9 Å². The number of hydrogen-bond acceptors (Lipinski definition) is 11. The van der Waals surface area contributed by atoms with Crippen molar-refractivity contribution < 1.29 is 19.1 Å². The number of rotatable bonds is 14. The van der Waals surface area contributed by atoms with Gasteiger partial charge in [-0.05, 0) is 98.3 Å². The number of benzene rings is 3. The lowest BCUT2D eigenvalue weighted by atomic mass is 9.71. The molecular weight excluding hydrogens is 916 g/mol. The first-order valence-electron chi connectivity index (χ1n) is 24.3. The zero-order valence-corrected chi connectivity index (χ0v) is 41.1. The van der Waals surface area contributed by atoms with Crippen LogP contribution in [-0.4, -0.2) is 123 Å². The molecule has 5 saturated heterocycles. The predicted molar refractivity (Wildman–Crippen MR) is 267 cm³/mol. The monoisotopic (exact) mass is 974 g/mol. The van der Waals surface area contributed by atoms with E-state index in [1.165, 1.54) is 25.7 Å². The number of amides is 2. The van der Waals surface area contributed by atoms with Crippen LogP contribution in [0, 0.1) is 12.0 Å². The highest BCUT2D eigenvalue weighted by atomic mass is 35.5. The summed E-state index contributed by atoms with van der Waals surface area (Å²) in [5, 5.41) is 2.80. The quantitative estimate of drug-likeness (QED) is 0.0695. The maximum atomic E-state index is 13.4. The molecule has 1 N–H and O–H groups in total. The van der Waals surface area contributed by atoms with Crippen molar-refractivity contribution in [3.8, 4) is 11.5 Å². The van der Waals surface area contributed by atoms with Crippen molar-refractivity contribution in [2.24, 2.45) is 12.5 Å². The number of likely N-dealkylation sites (tertiary alicyclic amines) is 3. The van der Waals surface area contributed by atoms with Crippen LogP contribution in [-0.2, 0) is 35.2 Å². The second-order valence-electron chi connectivity index (χ2n) is 20.2. The third-order valence-electron chi connectivity index (χ3n) is 15.6. The van der Waals surface area contributed by atoms with E-state index in [-0.39, 0.29) is 24.6 Å². The Morgan fingerprint density at radius 1 is 0.913 bits per heavy atom. The third-order valence-corrected chi connectivity index (χ3v) is 16.1. The van der Waals surface area contributed by atoms with Crippen LogP contribution < -0.4 is 25.4 Å². The highest BCUT2D eigenvalue weighted by Crippen LogP contribution is 2.44. The summed E-state index contributed by atoms with van der Waals surface area (Å²) in [6, 6.07) is 20.1. The molecule has 1 spiro atoms. The molecule has 7 heterocycles. The fourth-order valence-corrected chi connectivity index (χ4v) is 11.8. The summed E-state index contributed by atoms with van der Waals surface area (Å²) in [5.74, 6) is 1.49. The Balaban J connectivity index is 0.659. The van der Waals surface area contributed by atoms with Crippen molar-refractivity contribution in [2.75, 3.05) is 69.7 Å². The van der Waals surface area contributed by atoms with Gasteiger partial charge in [0.05, 0.1) is 40.8 Å². The van der Waals surface area contributed by atoms with Crippen molar-refractivity contribution in [1.29, 1.82) is 0 Å². The molecular formula is C52H60Cl2N10O5. The number of imidazole rings is 1. The average Bonchev–Trinajstić information content (AvgIpc) is 3.59. The number of carbonyl (C=O) groups is 2. The number of alkyl halides is 1. The SMILES string of the molecule is [C-]#[N+]c1cc(C(C)(C)c2ccc(OCc3ccnc(N4CC5(CCN(C6CCN(C7CN(Cc8cccc9c8n(C)c(=O)n9C8CCC(=O)NC8=O)C7)CC6)CC5)C4)n3)cc2)cc(Cl)c1OCCCl. The molecule has 0 bridgehead atoms. The summed E-state index contributed by atoms with van der Waals surface area (Å²) in [4.78, 5) is 61.4. The zero-order chi connectivity index (χ0) is 48.0. The van der Waals surface area contributed by atoms with Crippen LogP contribution in [0.1, 0.15) is 80.8 Å². The summed E-state index contributed by atoms with van der Waals surface area (Å²) in [7, 11) is 1.77. The Hall–Kier alpha value is -5.50. The number of para-hydroxylation sites is 1. The van der Waals surface area contributed by atoms with E-state index in [0.717, 1.165) is 104 Å². The summed E-state index contributed by atoms with van der Waals surface area (Å²) < 4.78 is 15.1. The molecule has 15 nitrogen and oxygen atoms in total. The number of ether oxygens (including phenoxy) is 2. The molecule has 10 rings (SSSR count). The first-order valence-corrected chi connectivity index (χ1v) is 25.2. The number of anilines is 1. The lowest BCUT2D eigenvalue weighted by Crippen LogP contribution is -2.63. The largest absolute Gasteiger partial charge is 0.502 e. The van der Waals surface area contributed by atoms with E-state index in [1.54, 1.807) is 16.2 Å². The zero-order valence-electron chi connectivity index (χ0n) is 39.6. The number of carbonyl (C=O) groups excluding carboxylic acids is 2. The second-order valence-corrected chi connectivity index (χ2v) is 21.0. The van der Waals surface area contributed by atoms with Gasteiger partial charge in [0.25, 0.3) is 0 Å². The summed E-state index contributed by atoms with van der Waals surface area (Å²) >= 11 is 12.4. The second kappa shape index (κ2) is 19.4. The molecule has 3 aromatic carbocycles. The van der Waals surface area contributed by atoms with Crippen LogP contribution in [0.15, 0.2) is 71.7 Å². The van der Waals surface area contributed by atoms with E-state index in [1.807, 2.05) is 60.8 Å². The molecule has 69 heavy (non-hydrogen) atoms. The van der Waals surface area contributed by atoms with Gasteiger partial charge in [0.15, 0.2) is 0 Å². The van der Waals surface area contributed by atoms with Gasteiger partial charge >= 0.3 is 5.69 Å². The molecule has 2 aromatic heterocycles. The van der Waals surface area contributed by atoms with Crippen LogP contribution >= 0.6 is 23.2 Å². The molecule has 1 atom stereocenters. The fourth-order valence-electron chi connectivity index (χ4n) is 11.4. The van der Waals surface area contributed by atoms with Gasteiger partial charge in [-0.1, -0.05) is 49.7 Å². The van der Waals surface area contributed by atoms with Gasteiger partial charge in [0.2, 0.25) is 23.5 Å². The number of halogens is 2. The molecule has 1 unspecified atom stereocenters. The van der Waals surface area contributed by atoms with Crippen LogP contribution in [0.2, 0.25) is 5.02 Å². The number of nitrogens with zero attached hydrogens (tertiary/aromatic N) is 9. The number of piperidine rings is 3. The van der Waals surface area contributed by atoms with Gasteiger partial charge in [0.1, 0.15) is 24.1 Å². The highest BCUT2D eigenvalue weighted by molar-refractivity contribution is 6.32. The van der Waals surface area contributed by atoms with E-state index in [9.17, 15) is 14.4 Å². The minimum atomic E-state index is -0.681. The number of fused-ring (bicyclic) bond motifs is 1. The highest BCUT2D eigenvalue weighted by Gasteiger charge is 2.47. The van der Waals surface area contributed by atoms with E-state index in [4.69, 9.17) is 44.2 Å². The molecule has 5 aliphatic heterocycles. The summed E-state index contributed by atoms with van der Waals surface area (Å²) in [5.41, 5.74) is 5.53. The molecule has 0 aliphatic carbocycles. The van der Waals surface area contributed by atoms with Crippen molar-refractivity contribution in [3.63, 3.8) is 0 Å². The normalized spacial score (nSPS) is 20.7. The van der Waals surface area contributed by atoms with Crippen LogP contribution in [0.5, 0.6) is 11.5 Å². The third kappa shape index (κ3) is 9.34. The number of aryl methyl sites for hydroxylation is 1. The van der Waals surface area contributed by atoms with E-state index >= 15 is 0 Å². The maximum Gasteiger partial charge on any atom is 0.329 e. The molecule has 17 heteroatoms. The molecule has 5 aromatic rings. The predicted octanol–water partition coefficient (Wildman–Crippen LogP) is 7.09. The number of nitrogens with one attached hydrogen (secondary N) is 1. The first-order chi connectivity index (χ1) is 33.3. The fraction of sp³-hybridized carbons (Fsp3) is 0.500. The minimum Gasteiger partial charge on any atom is -0.502 e. The summed E-state index contributed by atoms with van der Waals surface area (Å²) in [6.07, 6.45) is 7.20. The van der Waals surface area contributed by atoms with Gasteiger partial charge in [0, 0.05) is 88.4 Å². The Morgan fingerprint density at radius 2 is 1.65 bits per heavy atom. The van der Waals surface area contributed by atoms with Gasteiger partial charge in [-0.2, -0.15) is 0 Å². The van der Waals surface area contributed by atoms with Gasteiger partial charge < -0.3 is 19.3 Å². The molecule has 2 amide bonds. The first kappa shape index (κ1) is 47.2. The van der Waals surface area contributed by atoms with Crippen molar-refractivity contribution in [1.82, 2.24) is 39.1 Å². The molecule has 0 radical (unpaired) electrons. The summed E-state index contributed by atoms with van der Waals surface area (Å²) in [6.45, 7) is 21.8. The van der Waals surface area contributed by atoms with Crippen molar-refractivity contribution in [2.45, 2.75) is 89.1 Å². The number of imide groups is 1. The molecule has 0 saturated carbocycles. The lowest BCUT2D eigenvalue weighted by molar-refractivity contribution is -0.135.